The van der Waals surface area contributed by atoms with Crippen molar-refractivity contribution in [1.29, 1.82) is 0 Å². The highest BCUT2D eigenvalue weighted by molar-refractivity contribution is 6.17. The molecule has 10 aromatic carbocycles. The molecule has 0 aliphatic carbocycles. The van der Waals surface area contributed by atoms with Gasteiger partial charge in [0.25, 0.3) is 0 Å². The normalized spacial score (nSPS) is 11.4. The van der Waals surface area contributed by atoms with Gasteiger partial charge in [0, 0.05) is 21.9 Å². The van der Waals surface area contributed by atoms with Crippen LogP contribution >= 0.6 is 0 Å². The lowest BCUT2D eigenvalue weighted by atomic mass is 9.91. The van der Waals surface area contributed by atoms with Gasteiger partial charge in [-0.25, -0.2) is 0 Å². The van der Waals surface area contributed by atoms with Crippen molar-refractivity contribution in [3.05, 3.63) is 212 Å². The lowest BCUT2D eigenvalue weighted by Gasteiger charge is -2.33. The minimum atomic E-state index is 1.12. The Hall–Kier alpha value is -6.96. The molecular weight excluding hydrogens is 639 g/mol. The second-order valence-corrected chi connectivity index (χ2v) is 13.7. The van der Waals surface area contributed by atoms with E-state index in [0.29, 0.717) is 0 Å². The van der Waals surface area contributed by atoms with E-state index in [9.17, 15) is 0 Å². The van der Waals surface area contributed by atoms with E-state index in [1.807, 2.05) is 0 Å². The van der Waals surface area contributed by atoms with Crippen LogP contribution in [0.4, 0.5) is 17.1 Å². The number of nitrogens with zero attached hydrogens (tertiary/aromatic N) is 1. The number of anilines is 3. The molecule has 0 saturated carbocycles. The van der Waals surface area contributed by atoms with Crippen LogP contribution in [0.2, 0.25) is 0 Å². The first-order chi connectivity index (χ1) is 26.3. The first-order valence-electron chi connectivity index (χ1n) is 18.3. The second kappa shape index (κ2) is 13.0. The van der Waals surface area contributed by atoms with Crippen LogP contribution in [0, 0.1) is 0 Å². The Balaban J connectivity index is 1.37. The summed E-state index contributed by atoms with van der Waals surface area (Å²) in [6.07, 6.45) is 0. The Bertz CT molecular complexity index is 2890. The molecule has 0 amide bonds. The molecule has 10 aromatic rings. The summed E-state index contributed by atoms with van der Waals surface area (Å²) in [5, 5.41) is 9.72. The van der Waals surface area contributed by atoms with Crippen molar-refractivity contribution in [1.82, 2.24) is 0 Å². The molecule has 0 saturated heterocycles. The molecule has 0 fully saturated rings. The van der Waals surface area contributed by atoms with Crippen molar-refractivity contribution in [3.63, 3.8) is 0 Å². The van der Waals surface area contributed by atoms with E-state index in [1.165, 1.54) is 82.2 Å². The summed E-state index contributed by atoms with van der Waals surface area (Å²) < 4.78 is 0. The Morgan fingerprint density at radius 1 is 0.264 bits per heavy atom. The lowest BCUT2D eigenvalue weighted by molar-refractivity contribution is 1.31. The SMILES string of the molecule is c1ccc(-c2ccc(N(c3ccc4ccccc4c3-c3ccc4ccccc4c3)c3c4ccccc4cc4ccccc34)c(-c3ccccc3)c2)cc1. The first-order valence-corrected chi connectivity index (χ1v) is 18.3. The van der Waals surface area contributed by atoms with Crippen molar-refractivity contribution >= 4 is 60.2 Å². The third kappa shape index (κ3) is 5.42. The number of fused-ring (bicyclic) bond motifs is 4. The number of hydrogen-bond donors (Lipinski definition) is 0. The zero-order valence-corrected chi connectivity index (χ0v) is 29.2. The fourth-order valence-electron chi connectivity index (χ4n) is 8.09. The molecule has 0 unspecified atom stereocenters. The zero-order chi connectivity index (χ0) is 35.1. The third-order valence-corrected chi connectivity index (χ3v) is 10.6. The highest BCUT2D eigenvalue weighted by Gasteiger charge is 2.26. The average molecular weight is 674 g/mol. The van der Waals surface area contributed by atoms with E-state index in [0.717, 1.165) is 11.4 Å². The molecule has 0 spiro atoms. The fourth-order valence-corrected chi connectivity index (χ4v) is 8.09. The molecule has 1 nitrogen and oxygen atoms in total. The molecule has 10 rings (SSSR count). The van der Waals surface area contributed by atoms with E-state index in [1.54, 1.807) is 0 Å². The van der Waals surface area contributed by atoms with E-state index in [2.05, 4.69) is 217 Å². The number of hydrogen-bond acceptors (Lipinski definition) is 1. The summed E-state index contributed by atoms with van der Waals surface area (Å²) >= 11 is 0. The second-order valence-electron chi connectivity index (χ2n) is 13.7. The van der Waals surface area contributed by atoms with Crippen LogP contribution in [0.25, 0.3) is 76.5 Å². The molecule has 0 N–H and O–H groups in total. The van der Waals surface area contributed by atoms with Crippen LogP contribution in [0.15, 0.2) is 212 Å². The van der Waals surface area contributed by atoms with E-state index >= 15 is 0 Å². The molecular formula is C52H35N. The molecule has 248 valence electrons. The van der Waals surface area contributed by atoms with Crippen molar-refractivity contribution in [3.8, 4) is 33.4 Å². The Morgan fingerprint density at radius 3 is 1.47 bits per heavy atom. The van der Waals surface area contributed by atoms with Crippen molar-refractivity contribution < 1.29 is 0 Å². The maximum absolute atomic E-state index is 2.55. The molecule has 0 radical (unpaired) electrons. The largest absolute Gasteiger partial charge is 0.308 e. The minimum absolute atomic E-state index is 1.12. The lowest BCUT2D eigenvalue weighted by Crippen LogP contribution is -2.14. The first kappa shape index (κ1) is 30.8. The Labute approximate surface area is 309 Å². The van der Waals surface area contributed by atoms with Crippen LogP contribution in [-0.4, -0.2) is 0 Å². The standard InChI is InChI=1S/C52H35N/c1-3-15-36(16-4-1)41-30-31-49(48(35-41)38-18-5-2-6-19-38)53(52-46-25-13-10-22-42(46)34-43-23-11-14-26-47(43)52)50-32-29-39-20-9-12-24-45(39)51(50)44-28-27-37-17-7-8-21-40(37)33-44/h1-35H. The smallest absolute Gasteiger partial charge is 0.0618 e. The molecule has 0 aliphatic heterocycles. The third-order valence-electron chi connectivity index (χ3n) is 10.6. The van der Waals surface area contributed by atoms with E-state index < -0.39 is 0 Å². The van der Waals surface area contributed by atoms with Gasteiger partial charge in [0.2, 0.25) is 0 Å². The minimum Gasteiger partial charge on any atom is -0.308 e. The quantitative estimate of drug-likeness (QED) is 0.159. The van der Waals surface area contributed by atoms with Gasteiger partial charge < -0.3 is 4.90 Å². The maximum Gasteiger partial charge on any atom is 0.0618 e. The van der Waals surface area contributed by atoms with Gasteiger partial charge in [0.05, 0.1) is 17.1 Å². The summed E-state index contributed by atoms with van der Waals surface area (Å²) in [7, 11) is 0. The Kier molecular flexibility index (Phi) is 7.55. The molecule has 0 bridgehead atoms. The molecule has 0 atom stereocenters. The van der Waals surface area contributed by atoms with Crippen molar-refractivity contribution in [2.24, 2.45) is 0 Å². The van der Waals surface area contributed by atoms with Gasteiger partial charge in [-0.15, -0.1) is 0 Å². The summed E-state index contributed by atoms with van der Waals surface area (Å²) in [5.41, 5.74) is 10.5. The summed E-state index contributed by atoms with van der Waals surface area (Å²) in [5.74, 6) is 0. The zero-order valence-electron chi connectivity index (χ0n) is 29.2. The van der Waals surface area contributed by atoms with E-state index in [-0.39, 0.29) is 0 Å². The van der Waals surface area contributed by atoms with Gasteiger partial charge >= 0.3 is 0 Å². The molecule has 0 aliphatic rings. The van der Waals surface area contributed by atoms with E-state index in [4.69, 9.17) is 0 Å². The number of rotatable bonds is 6. The van der Waals surface area contributed by atoms with Gasteiger partial charge in [-0.2, -0.15) is 0 Å². The monoisotopic (exact) mass is 673 g/mol. The van der Waals surface area contributed by atoms with Crippen LogP contribution < -0.4 is 4.90 Å². The summed E-state index contributed by atoms with van der Waals surface area (Å²) in [4.78, 5) is 2.55. The summed E-state index contributed by atoms with van der Waals surface area (Å²) in [6.45, 7) is 0. The van der Waals surface area contributed by atoms with Gasteiger partial charge in [0.15, 0.2) is 0 Å². The average Bonchev–Trinajstić information content (AvgIpc) is 3.24. The topological polar surface area (TPSA) is 3.24 Å². The van der Waals surface area contributed by atoms with Crippen LogP contribution in [-0.2, 0) is 0 Å². The van der Waals surface area contributed by atoms with Crippen LogP contribution in [0.5, 0.6) is 0 Å². The van der Waals surface area contributed by atoms with Crippen LogP contribution in [0.1, 0.15) is 0 Å². The predicted molar refractivity (Wildman–Crippen MR) is 227 cm³/mol. The molecule has 0 aromatic heterocycles. The highest BCUT2D eigenvalue weighted by atomic mass is 15.2. The Morgan fingerprint density at radius 2 is 0.774 bits per heavy atom. The van der Waals surface area contributed by atoms with Crippen molar-refractivity contribution in [2.75, 3.05) is 4.90 Å². The van der Waals surface area contributed by atoms with Gasteiger partial charge in [-0.3, -0.25) is 0 Å². The fraction of sp³-hybridized carbons (Fsp3) is 0. The van der Waals surface area contributed by atoms with Crippen molar-refractivity contribution in [2.45, 2.75) is 0 Å². The summed E-state index contributed by atoms with van der Waals surface area (Å²) in [6, 6.07) is 77.5. The molecule has 0 heterocycles. The number of benzene rings is 10. The maximum atomic E-state index is 2.55. The van der Waals surface area contributed by atoms with Gasteiger partial charge in [-0.05, 0) is 84.9 Å². The predicted octanol–water partition coefficient (Wildman–Crippen LogP) is 14.8. The highest BCUT2D eigenvalue weighted by Crippen LogP contribution is 2.51. The molecule has 53 heavy (non-hydrogen) atoms. The van der Waals surface area contributed by atoms with Gasteiger partial charge in [0.1, 0.15) is 0 Å². The van der Waals surface area contributed by atoms with Crippen LogP contribution in [0.3, 0.4) is 0 Å². The molecule has 1 heteroatoms. The van der Waals surface area contributed by atoms with Gasteiger partial charge in [-0.1, -0.05) is 182 Å².